The SMILES string of the molecule is Cn1nnc(Br)c1C(=O)C1CCC1. The van der Waals surface area contributed by atoms with Crippen LogP contribution in [0.3, 0.4) is 0 Å². The second-order valence-electron chi connectivity index (χ2n) is 3.34. The van der Waals surface area contributed by atoms with Crippen LogP contribution in [0.4, 0.5) is 0 Å². The number of aromatic nitrogens is 3. The lowest BCUT2D eigenvalue weighted by molar-refractivity contribution is 0.0844. The Morgan fingerprint density at radius 2 is 2.31 bits per heavy atom. The van der Waals surface area contributed by atoms with E-state index < -0.39 is 0 Å². The molecule has 0 saturated heterocycles. The van der Waals surface area contributed by atoms with Gasteiger partial charge in [-0.15, -0.1) is 5.10 Å². The maximum absolute atomic E-state index is 11.8. The van der Waals surface area contributed by atoms with Crippen molar-refractivity contribution >= 4 is 21.7 Å². The standard InChI is InChI=1S/C8H10BrN3O/c1-12-6(8(9)10-11-12)7(13)5-3-2-4-5/h5H,2-4H2,1H3. The topological polar surface area (TPSA) is 47.8 Å². The van der Waals surface area contributed by atoms with Gasteiger partial charge in [-0.05, 0) is 28.8 Å². The van der Waals surface area contributed by atoms with Crippen molar-refractivity contribution in [1.82, 2.24) is 15.0 Å². The largest absolute Gasteiger partial charge is 0.292 e. The maximum atomic E-state index is 11.8. The molecule has 13 heavy (non-hydrogen) atoms. The minimum Gasteiger partial charge on any atom is -0.292 e. The van der Waals surface area contributed by atoms with E-state index in [0.29, 0.717) is 10.3 Å². The Morgan fingerprint density at radius 3 is 2.69 bits per heavy atom. The highest BCUT2D eigenvalue weighted by atomic mass is 79.9. The van der Waals surface area contributed by atoms with Crippen molar-refractivity contribution in [2.75, 3.05) is 0 Å². The summed E-state index contributed by atoms with van der Waals surface area (Å²) in [6.45, 7) is 0. The minimum atomic E-state index is 0.172. The van der Waals surface area contributed by atoms with Gasteiger partial charge in [0.15, 0.2) is 10.4 Å². The van der Waals surface area contributed by atoms with Gasteiger partial charge in [0.1, 0.15) is 5.69 Å². The average Bonchev–Trinajstić information content (AvgIpc) is 2.27. The number of ketones is 1. The van der Waals surface area contributed by atoms with E-state index in [1.54, 1.807) is 7.05 Å². The molecule has 0 aromatic carbocycles. The highest BCUT2D eigenvalue weighted by Gasteiger charge is 2.30. The van der Waals surface area contributed by atoms with Gasteiger partial charge in [-0.3, -0.25) is 4.79 Å². The third-order valence-corrected chi connectivity index (χ3v) is 3.03. The molecule has 0 atom stereocenters. The van der Waals surface area contributed by atoms with Crippen LogP contribution in [0.25, 0.3) is 0 Å². The van der Waals surface area contributed by atoms with Crippen LogP contribution in [0.15, 0.2) is 4.60 Å². The highest BCUT2D eigenvalue weighted by Crippen LogP contribution is 2.31. The van der Waals surface area contributed by atoms with E-state index in [-0.39, 0.29) is 11.7 Å². The molecule has 1 aromatic rings. The number of carbonyl (C=O) groups excluding carboxylic acids is 1. The van der Waals surface area contributed by atoms with Gasteiger partial charge < -0.3 is 0 Å². The molecule has 0 radical (unpaired) electrons. The van der Waals surface area contributed by atoms with E-state index in [2.05, 4.69) is 26.2 Å². The molecule has 1 saturated carbocycles. The van der Waals surface area contributed by atoms with Gasteiger partial charge in [-0.1, -0.05) is 11.6 Å². The zero-order valence-electron chi connectivity index (χ0n) is 7.33. The van der Waals surface area contributed by atoms with E-state index in [0.717, 1.165) is 12.8 Å². The molecule has 1 aliphatic rings. The van der Waals surface area contributed by atoms with Crippen LogP contribution in [-0.2, 0) is 7.05 Å². The van der Waals surface area contributed by atoms with Gasteiger partial charge in [0, 0.05) is 13.0 Å². The average molecular weight is 244 g/mol. The van der Waals surface area contributed by atoms with Gasteiger partial charge in [0.2, 0.25) is 0 Å². The molecule has 0 unspecified atom stereocenters. The normalized spacial score (nSPS) is 17.1. The molecule has 4 nitrogen and oxygen atoms in total. The van der Waals surface area contributed by atoms with E-state index in [1.165, 1.54) is 11.1 Å². The van der Waals surface area contributed by atoms with Gasteiger partial charge >= 0.3 is 0 Å². The smallest absolute Gasteiger partial charge is 0.186 e. The number of carbonyl (C=O) groups is 1. The molecule has 2 rings (SSSR count). The molecule has 70 valence electrons. The van der Waals surface area contributed by atoms with Gasteiger partial charge in [0.25, 0.3) is 0 Å². The number of rotatable bonds is 2. The zero-order valence-corrected chi connectivity index (χ0v) is 8.91. The van der Waals surface area contributed by atoms with Gasteiger partial charge in [-0.25, -0.2) is 4.68 Å². The third-order valence-electron chi connectivity index (χ3n) is 2.50. The summed E-state index contributed by atoms with van der Waals surface area (Å²) >= 11 is 3.22. The Hall–Kier alpha value is -0.710. The molecule has 1 aliphatic carbocycles. The molecule has 1 heterocycles. The summed E-state index contributed by atoms with van der Waals surface area (Å²) in [6.07, 6.45) is 3.19. The molecule has 1 fully saturated rings. The highest BCUT2D eigenvalue weighted by molar-refractivity contribution is 9.10. The van der Waals surface area contributed by atoms with Crippen molar-refractivity contribution < 1.29 is 4.79 Å². The lowest BCUT2D eigenvalue weighted by Crippen LogP contribution is -2.24. The summed E-state index contributed by atoms with van der Waals surface area (Å²) in [5.74, 6) is 0.374. The Bertz CT molecular complexity index is 324. The lowest BCUT2D eigenvalue weighted by atomic mass is 9.81. The summed E-state index contributed by atoms with van der Waals surface area (Å²) in [5.41, 5.74) is 0.602. The Kier molecular flexibility index (Phi) is 2.19. The van der Waals surface area contributed by atoms with Gasteiger partial charge in [-0.2, -0.15) is 0 Å². The van der Waals surface area contributed by atoms with E-state index in [9.17, 15) is 4.79 Å². The predicted octanol–water partition coefficient (Wildman–Crippen LogP) is 1.56. The van der Waals surface area contributed by atoms with Crippen molar-refractivity contribution in [3.63, 3.8) is 0 Å². The number of halogens is 1. The summed E-state index contributed by atoms with van der Waals surface area (Å²) in [5, 5.41) is 7.56. The van der Waals surface area contributed by atoms with Crippen LogP contribution in [-0.4, -0.2) is 20.8 Å². The molecule has 5 heteroatoms. The first-order valence-corrected chi connectivity index (χ1v) is 5.09. The third kappa shape index (κ3) is 1.41. The summed E-state index contributed by atoms with van der Waals surface area (Å²) < 4.78 is 2.09. The number of hydrogen-bond donors (Lipinski definition) is 0. The molecular formula is C8H10BrN3O. The molecule has 0 amide bonds. The van der Waals surface area contributed by atoms with Crippen LogP contribution in [0.1, 0.15) is 29.8 Å². The monoisotopic (exact) mass is 243 g/mol. The first-order chi connectivity index (χ1) is 6.20. The molecule has 0 N–H and O–H groups in total. The minimum absolute atomic E-state index is 0.172. The van der Waals surface area contributed by atoms with Crippen molar-refractivity contribution in [1.29, 1.82) is 0 Å². The van der Waals surface area contributed by atoms with Crippen molar-refractivity contribution in [2.24, 2.45) is 13.0 Å². The number of aryl methyl sites for hydroxylation is 1. The Labute approximate surface area is 84.4 Å². The Balaban J connectivity index is 2.28. The second-order valence-corrected chi connectivity index (χ2v) is 4.10. The fourth-order valence-corrected chi connectivity index (χ4v) is 1.98. The number of hydrogen-bond acceptors (Lipinski definition) is 3. The van der Waals surface area contributed by atoms with Crippen molar-refractivity contribution in [3.05, 3.63) is 10.3 Å². The zero-order chi connectivity index (χ0) is 9.42. The Morgan fingerprint density at radius 1 is 1.62 bits per heavy atom. The lowest BCUT2D eigenvalue weighted by Gasteiger charge is -2.23. The molecule has 0 spiro atoms. The molecular weight excluding hydrogens is 234 g/mol. The van der Waals surface area contributed by atoms with E-state index in [4.69, 9.17) is 0 Å². The number of Topliss-reactive ketones (excluding diaryl/α,β-unsaturated/α-hetero) is 1. The van der Waals surface area contributed by atoms with E-state index >= 15 is 0 Å². The second kappa shape index (κ2) is 3.21. The summed E-state index contributed by atoms with van der Waals surface area (Å²) in [6, 6.07) is 0. The van der Waals surface area contributed by atoms with Crippen molar-refractivity contribution in [2.45, 2.75) is 19.3 Å². The van der Waals surface area contributed by atoms with Crippen LogP contribution >= 0.6 is 15.9 Å². The summed E-state index contributed by atoms with van der Waals surface area (Å²) in [7, 11) is 1.74. The molecule has 1 aromatic heterocycles. The predicted molar refractivity (Wildman–Crippen MR) is 50.4 cm³/mol. The van der Waals surface area contributed by atoms with E-state index in [1.807, 2.05) is 0 Å². The van der Waals surface area contributed by atoms with Crippen LogP contribution < -0.4 is 0 Å². The fourth-order valence-electron chi connectivity index (χ4n) is 1.46. The number of nitrogens with zero attached hydrogens (tertiary/aromatic N) is 3. The molecule has 0 bridgehead atoms. The fraction of sp³-hybridized carbons (Fsp3) is 0.625. The van der Waals surface area contributed by atoms with Crippen LogP contribution in [0.2, 0.25) is 0 Å². The maximum Gasteiger partial charge on any atom is 0.186 e. The first-order valence-electron chi connectivity index (χ1n) is 4.29. The van der Waals surface area contributed by atoms with Crippen LogP contribution in [0, 0.1) is 5.92 Å². The van der Waals surface area contributed by atoms with Crippen molar-refractivity contribution in [3.8, 4) is 0 Å². The summed E-state index contributed by atoms with van der Waals surface area (Å²) in [4.78, 5) is 11.8. The van der Waals surface area contributed by atoms with Gasteiger partial charge in [0.05, 0.1) is 0 Å². The first kappa shape index (κ1) is 8.87. The quantitative estimate of drug-likeness (QED) is 0.741. The molecule has 0 aliphatic heterocycles. The van der Waals surface area contributed by atoms with Crippen LogP contribution in [0.5, 0.6) is 0 Å².